The molecule has 3 atom stereocenters. The smallest absolute Gasteiger partial charge is 0.303 e. The highest BCUT2D eigenvalue weighted by molar-refractivity contribution is 5.83. The van der Waals surface area contributed by atoms with E-state index in [2.05, 4.69) is 67.7 Å². The van der Waals surface area contributed by atoms with Gasteiger partial charge in [0.15, 0.2) is 6.10 Å². The second-order valence-corrected chi connectivity index (χ2v) is 16.9. The molecule has 0 bridgehead atoms. The molecule has 336 valence electrons. The molecule has 6 nitrogen and oxygen atoms in total. The minimum absolute atomic E-state index is 0.0142. The number of aliphatic hydroxyl groups is 1. The molecule has 3 aromatic carbocycles. The average molecular weight is 836 g/mol. The Bertz CT molecular complexity index is 1490. The first-order valence-electron chi connectivity index (χ1n) is 24.2. The van der Waals surface area contributed by atoms with Gasteiger partial charge in [-0.15, -0.1) is 0 Å². The molecule has 0 aromatic heterocycles. The summed E-state index contributed by atoms with van der Waals surface area (Å²) >= 11 is 0. The number of ether oxygens (including phenoxy) is 2. The summed E-state index contributed by atoms with van der Waals surface area (Å²) in [7, 11) is 0. The number of allylic oxidation sites excluding steroid dienone is 3. The fourth-order valence-corrected chi connectivity index (χ4v) is 8.12. The van der Waals surface area contributed by atoms with Crippen LogP contribution in [0.15, 0.2) is 115 Å². The van der Waals surface area contributed by atoms with Crippen molar-refractivity contribution in [2.24, 2.45) is 0 Å². The highest BCUT2D eigenvalue weighted by Crippen LogP contribution is 2.40. The molecule has 0 saturated carbocycles. The molecule has 3 rings (SSSR count). The summed E-state index contributed by atoms with van der Waals surface area (Å²) in [6, 6.07) is 29.4. The van der Waals surface area contributed by atoms with Crippen molar-refractivity contribution in [3.8, 4) is 0 Å². The fraction of sp³-hybridized carbons (Fsp3) is 0.564. The molecular weight excluding hydrogens is 755 g/mol. The number of nitrogens with one attached hydrogen (secondary N) is 1. The van der Waals surface area contributed by atoms with Gasteiger partial charge in [0.25, 0.3) is 5.91 Å². The molecule has 0 aliphatic heterocycles. The predicted molar refractivity (Wildman–Crippen MR) is 254 cm³/mol. The lowest BCUT2D eigenvalue weighted by Gasteiger charge is -2.38. The van der Waals surface area contributed by atoms with Crippen molar-refractivity contribution >= 4 is 11.9 Å². The predicted octanol–water partition coefficient (Wildman–Crippen LogP) is 13.9. The Hall–Kier alpha value is -4.00. The zero-order chi connectivity index (χ0) is 43.6. The first-order valence-corrected chi connectivity index (χ1v) is 24.2. The zero-order valence-corrected chi connectivity index (χ0v) is 38.3. The van der Waals surface area contributed by atoms with Crippen LogP contribution in [0.3, 0.4) is 0 Å². The minimum Gasteiger partial charge on any atom is -0.452 e. The highest BCUT2D eigenvalue weighted by atomic mass is 16.5. The van der Waals surface area contributed by atoms with Crippen LogP contribution in [0, 0.1) is 0 Å². The summed E-state index contributed by atoms with van der Waals surface area (Å²) in [5, 5.41) is 14.9. The summed E-state index contributed by atoms with van der Waals surface area (Å²) in [4.78, 5) is 26.3. The van der Waals surface area contributed by atoms with E-state index in [1.807, 2.05) is 60.7 Å². The van der Waals surface area contributed by atoms with Gasteiger partial charge in [0.05, 0.1) is 18.8 Å². The number of benzene rings is 3. The van der Waals surface area contributed by atoms with Crippen molar-refractivity contribution in [2.45, 2.75) is 192 Å². The molecule has 3 aromatic rings. The maximum Gasteiger partial charge on any atom is 0.303 e. The van der Waals surface area contributed by atoms with Crippen molar-refractivity contribution in [2.75, 3.05) is 6.61 Å². The molecular formula is C55H81NO5. The lowest BCUT2D eigenvalue weighted by molar-refractivity contribution is -0.155. The van der Waals surface area contributed by atoms with Gasteiger partial charge in [-0.1, -0.05) is 238 Å². The Kier molecular flexibility index (Phi) is 27.5. The number of esters is 1. The molecule has 2 N–H and O–H groups in total. The Morgan fingerprint density at radius 2 is 0.984 bits per heavy atom. The molecule has 0 aliphatic rings. The summed E-state index contributed by atoms with van der Waals surface area (Å²) in [5.74, 6) is -0.916. The second-order valence-electron chi connectivity index (χ2n) is 16.9. The lowest BCUT2D eigenvalue weighted by Crippen LogP contribution is -2.51. The van der Waals surface area contributed by atoms with E-state index < -0.39 is 35.7 Å². The van der Waals surface area contributed by atoms with Crippen molar-refractivity contribution in [3.63, 3.8) is 0 Å². The lowest BCUT2D eigenvalue weighted by atomic mass is 9.80. The van der Waals surface area contributed by atoms with Crippen LogP contribution < -0.4 is 5.32 Å². The van der Waals surface area contributed by atoms with E-state index in [-0.39, 0.29) is 6.61 Å². The van der Waals surface area contributed by atoms with E-state index in [0.29, 0.717) is 6.42 Å². The van der Waals surface area contributed by atoms with Crippen LogP contribution in [0.25, 0.3) is 0 Å². The fourth-order valence-electron chi connectivity index (χ4n) is 8.12. The van der Waals surface area contributed by atoms with E-state index in [1.54, 1.807) is 6.08 Å². The van der Waals surface area contributed by atoms with E-state index in [0.717, 1.165) is 55.2 Å². The number of amides is 1. The number of hydrogen-bond donors (Lipinski definition) is 2. The van der Waals surface area contributed by atoms with Crippen LogP contribution in [0.5, 0.6) is 0 Å². The van der Waals surface area contributed by atoms with E-state index in [9.17, 15) is 14.7 Å². The quantitative estimate of drug-likeness (QED) is 0.0267. The van der Waals surface area contributed by atoms with E-state index in [1.165, 1.54) is 110 Å². The molecule has 0 radical (unpaired) electrons. The van der Waals surface area contributed by atoms with E-state index >= 15 is 0 Å². The Balaban J connectivity index is 1.73. The van der Waals surface area contributed by atoms with Crippen molar-refractivity contribution in [1.82, 2.24) is 5.32 Å². The first-order chi connectivity index (χ1) is 29.9. The van der Waals surface area contributed by atoms with Gasteiger partial charge in [-0.3, -0.25) is 9.59 Å². The molecule has 0 heterocycles. The van der Waals surface area contributed by atoms with Crippen LogP contribution >= 0.6 is 0 Å². The third-order valence-corrected chi connectivity index (χ3v) is 11.7. The van der Waals surface area contributed by atoms with Crippen molar-refractivity contribution < 1.29 is 24.2 Å². The molecule has 6 heteroatoms. The number of rotatable bonds is 35. The Morgan fingerprint density at radius 1 is 0.574 bits per heavy atom. The van der Waals surface area contributed by atoms with Crippen LogP contribution in [-0.2, 0) is 24.7 Å². The zero-order valence-electron chi connectivity index (χ0n) is 38.3. The number of hydrogen-bond acceptors (Lipinski definition) is 5. The number of unbranched alkanes of at least 4 members (excludes halogenated alkanes) is 19. The topological polar surface area (TPSA) is 84.9 Å². The average Bonchev–Trinajstić information content (AvgIpc) is 3.28. The van der Waals surface area contributed by atoms with Crippen LogP contribution in [0.1, 0.15) is 185 Å². The molecule has 0 aliphatic carbocycles. The van der Waals surface area contributed by atoms with Gasteiger partial charge in [-0.25, -0.2) is 0 Å². The third kappa shape index (κ3) is 20.6. The summed E-state index contributed by atoms with van der Waals surface area (Å²) < 4.78 is 12.7. The van der Waals surface area contributed by atoms with Gasteiger partial charge in [-0.2, -0.15) is 0 Å². The maximum atomic E-state index is 14.1. The van der Waals surface area contributed by atoms with Crippen molar-refractivity contribution in [1.29, 1.82) is 0 Å². The molecule has 0 unspecified atom stereocenters. The standard InChI is InChI=1S/C55H81NO5/c1-4-6-8-10-12-14-16-18-19-21-23-25-36-44-52(58)51(56-54(59)53(61-47(3)57)45-37-26-24-22-20-17-15-13-11-9-7-5-2)46-60-55(48-38-30-27-31-39-48,49-40-32-28-33-41-49)50-42-34-29-35-43-50/h19,21,27-36,38-44,51-53,58H,4-18,20,22-26,37,45-46H2,1-3H3,(H,56,59)/b21-19-,44-36+/t51-,52+,53-/m1/s1. The molecule has 61 heavy (non-hydrogen) atoms. The third-order valence-electron chi connectivity index (χ3n) is 11.7. The maximum absolute atomic E-state index is 14.1. The normalized spacial score (nSPS) is 13.4. The monoisotopic (exact) mass is 836 g/mol. The largest absolute Gasteiger partial charge is 0.452 e. The number of carbonyl (C=O) groups excluding carboxylic acids is 2. The second kappa shape index (κ2) is 32.7. The summed E-state index contributed by atoms with van der Waals surface area (Å²) in [6.07, 6.45) is 33.0. The van der Waals surface area contributed by atoms with Gasteiger partial charge in [0.2, 0.25) is 0 Å². The SMILES string of the molecule is CCCCCCCCC/C=C\CC/C=C/[C@H](O)[C@@H](COC(c1ccccc1)(c1ccccc1)c1ccccc1)NC(=O)[C@@H](CCCCCCCCCCCCCC)OC(C)=O. The summed E-state index contributed by atoms with van der Waals surface area (Å²) in [5.41, 5.74) is 1.74. The molecule has 0 fully saturated rings. The highest BCUT2D eigenvalue weighted by Gasteiger charge is 2.39. The van der Waals surface area contributed by atoms with Gasteiger partial charge < -0.3 is 19.9 Å². The van der Waals surface area contributed by atoms with Crippen LogP contribution in [-0.4, -0.2) is 41.8 Å². The molecule has 0 saturated heterocycles. The Morgan fingerprint density at radius 3 is 1.44 bits per heavy atom. The van der Waals surface area contributed by atoms with Gasteiger partial charge in [-0.05, 0) is 55.2 Å². The Labute approximate surface area is 371 Å². The van der Waals surface area contributed by atoms with Crippen LogP contribution in [0.4, 0.5) is 0 Å². The van der Waals surface area contributed by atoms with Gasteiger partial charge >= 0.3 is 5.97 Å². The van der Waals surface area contributed by atoms with Gasteiger partial charge in [0.1, 0.15) is 5.60 Å². The van der Waals surface area contributed by atoms with Crippen molar-refractivity contribution in [3.05, 3.63) is 132 Å². The van der Waals surface area contributed by atoms with E-state index in [4.69, 9.17) is 9.47 Å². The number of aliphatic hydroxyl groups excluding tert-OH is 1. The molecule has 0 spiro atoms. The molecule has 1 amide bonds. The first kappa shape index (κ1) is 51.4. The minimum atomic E-state index is -1.05. The van der Waals surface area contributed by atoms with Gasteiger partial charge in [0, 0.05) is 6.92 Å². The van der Waals surface area contributed by atoms with Crippen LogP contribution in [0.2, 0.25) is 0 Å². The summed E-state index contributed by atoms with van der Waals surface area (Å²) in [6.45, 7) is 5.84. The number of carbonyl (C=O) groups is 2.